The molecule has 1 aromatic carbocycles. The van der Waals surface area contributed by atoms with E-state index in [0.717, 1.165) is 37.1 Å². The maximum atomic E-state index is 12.8. The van der Waals surface area contributed by atoms with Crippen molar-refractivity contribution in [1.82, 2.24) is 9.97 Å². The molecule has 0 spiro atoms. The zero-order valence-corrected chi connectivity index (χ0v) is 14.3. The Labute approximate surface area is 143 Å². The Kier molecular flexibility index (Phi) is 5.08. The molecule has 0 saturated carbocycles. The molecule has 1 aliphatic heterocycles. The number of carbonyl (C=O) groups excluding carboxylic acids is 1. The quantitative estimate of drug-likeness (QED) is 0.938. The first-order chi connectivity index (χ1) is 11.7. The molecule has 1 saturated heterocycles. The highest BCUT2D eigenvalue weighted by Gasteiger charge is 2.27. The Morgan fingerprint density at radius 1 is 1.29 bits per heavy atom. The van der Waals surface area contributed by atoms with Crippen LogP contribution < -0.4 is 10.2 Å². The summed E-state index contributed by atoms with van der Waals surface area (Å²) in [5.41, 5.74) is 3.27. The second kappa shape index (κ2) is 7.43. The molecule has 3 rings (SSSR count). The van der Waals surface area contributed by atoms with Crippen molar-refractivity contribution < 1.29 is 4.79 Å². The van der Waals surface area contributed by atoms with Crippen molar-refractivity contribution in [1.29, 1.82) is 0 Å². The van der Waals surface area contributed by atoms with Gasteiger partial charge in [-0.05, 0) is 43.4 Å². The molecule has 1 atom stereocenters. The number of nitrogens with zero attached hydrogens (tertiary/aromatic N) is 3. The van der Waals surface area contributed by atoms with Gasteiger partial charge in [-0.1, -0.05) is 25.1 Å². The van der Waals surface area contributed by atoms with E-state index in [1.807, 2.05) is 25.1 Å². The lowest BCUT2D eigenvalue weighted by molar-refractivity contribution is -0.120. The second-order valence-electron chi connectivity index (χ2n) is 6.29. The number of piperidine rings is 1. The van der Waals surface area contributed by atoms with Gasteiger partial charge in [-0.15, -0.1) is 0 Å². The molecule has 24 heavy (non-hydrogen) atoms. The summed E-state index contributed by atoms with van der Waals surface area (Å²) in [5, 5.41) is 3.17. The average Bonchev–Trinajstić information content (AvgIpc) is 2.64. The molecule has 0 radical (unpaired) electrons. The van der Waals surface area contributed by atoms with Gasteiger partial charge in [0, 0.05) is 31.2 Å². The van der Waals surface area contributed by atoms with Gasteiger partial charge in [-0.25, -0.2) is 9.97 Å². The SMILES string of the molecule is CCc1cccc(C)c1NC(=O)C1CCCN(c2ncccn2)C1. The standard InChI is InChI=1S/C19H24N4O/c1-3-15-8-4-7-14(2)17(15)22-18(24)16-9-5-12-23(13-16)19-20-10-6-11-21-19/h4,6-8,10-11,16H,3,5,9,12-13H2,1-2H3,(H,22,24). The largest absolute Gasteiger partial charge is 0.340 e. The summed E-state index contributed by atoms with van der Waals surface area (Å²) in [4.78, 5) is 23.5. The van der Waals surface area contributed by atoms with Gasteiger partial charge in [0.2, 0.25) is 11.9 Å². The van der Waals surface area contributed by atoms with E-state index < -0.39 is 0 Å². The van der Waals surface area contributed by atoms with E-state index in [1.165, 1.54) is 5.56 Å². The number of aryl methyl sites for hydroxylation is 2. The number of aromatic nitrogens is 2. The van der Waals surface area contributed by atoms with Crippen LogP contribution in [0.5, 0.6) is 0 Å². The van der Waals surface area contributed by atoms with Crippen LogP contribution in [0.25, 0.3) is 0 Å². The van der Waals surface area contributed by atoms with Gasteiger partial charge in [-0.3, -0.25) is 4.79 Å². The Balaban J connectivity index is 1.71. The predicted octanol–water partition coefficient (Wildman–Crippen LogP) is 3.20. The highest BCUT2D eigenvalue weighted by molar-refractivity contribution is 5.94. The minimum absolute atomic E-state index is 0.0353. The number of rotatable bonds is 4. The van der Waals surface area contributed by atoms with Crippen molar-refractivity contribution in [3.63, 3.8) is 0 Å². The number of benzene rings is 1. The molecule has 5 nitrogen and oxygen atoms in total. The van der Waals surface area contributed by atoms with Crippen molar-refractivity contribution in [3.05, 3.63) is 47.8 Å². The van der Waals surface area contributed by atoms with Crippen LogP contribution in [0, 0.1) is 12.8 Å². The van der Waals surface area contributed by atoms with Crippen LogP contribution in [0.2, 0.25) is 0 Å². The lowest BCUT2D eigenvalue weighted by Crippen LogP contribution is -2.41. The first kappa shape index (κ1) is 16.4. The minimum Gasteiger partial charge on any atom is -0.340 e. The summed E-state index contributed by atoms with van der Waals surface area (Å²) >= 11 is 0. The Hall–Kier alpha value is -2.43. The van der Waals surface area contributed by atoms with Crippen LogP contribution in [0.3, 0.4) is 0 Å². The predicted molar refractivity (Wildman–Crippen MR) is 96.2 cm³/mol. The fourth-order valence-corrected chi connectivity index (χ4v) is 3.25. The second-order valence-corrected chi connectivity index (χ2v) is 6.29. The first-order valence-electron chi connectivity index (χ1n) is 8.60. The molecule has 2 aromatic rings. The molecule has 1 amide bonds. The van der Waals surface area contributed by atoms with Crippen LogP contribution in [0.1, 0.15) is 30.9 Å². The maximum absolute atomic E-state index is 12.8. The molecule has 126 valence electrons. The number of hydrogen-bond donors (Lipinski definition) is 1. The van der Waals surface area contributed by atoms with E-state index in [2.05, 4.69) is 33.2 Å². The van der Waals surface area contributed by atoms with Gasteiger partial charge >= 0.3 is 0 Å². The van der Waals surface area contributed by atoms with Crippen LogP contribution in [-0.4, -0.2) is 29.0 Å². The van der Waals surface area contributed by atoms with Crippen LogP contribution in [0.15, 0.2) is 36.7 Å². The third kappa shape index (κ3) is 3.55. The van der Waals surface area contributed by atoms with Crippen LogP contribution in [-0.2, 0) is 11.2 Å². The molecular formula is C19H24N4O. The average molecular weight is 324 g/mol. The summed E-state index contributed by atoms with van der Waals surface area (Å²) in [5.74, 6) is 0.770. The summed E-state index contributed by atoms with van der Waals surface area (Å²) in [6.07, 6.45) is 6.28. The molecule has 0 aliphatic carbocycles. The molecule has 1 N–H and O–H groups in total. The van der Waals surface area contributed by atoms with E-state index in [4.69, 9.17) is 0 Å². The van der Waals surface area contributed by atoms with Crippen LogP contribution >= 0.6 is 0 Å². The maximum Gasteiger partial charge on any atom is 0.229 e. The van der Waals surface area contributed by atoms with Gasteiger partial charge in [0.15, 0.2) is 0 Å². The summed E-state index contributed by atoms with van der Waals surface area (Å²) in [7, 11) is 0. The summed E-state index contributed by atoms with van der Waals surface area (Å²) in [6, 6.07) is 7.97. The molecule has 1 aliphatic rings. The van der Waals surface area contributed by atoms with Crippen molar-refractivity contribution in [2.24, 2.45) is 5.92 Å². The normalized spacial score (nSPS) is 17.6. The van der Waals surface area contributed by atoms with Crippen molar-refractivity contribution in [3.8, 4) is 0 Å². The number of amides is 1. The topological polar surface area (TPSA) is 58.1 Å². The number of carbonyl (C=O) groups is 1. The Morgan fingerprint density at radius 3 is 2.83 bits per heavy atom. The number of hydrogen-bond acceptors (Lipinski definition) is 4. The van der Waals surface area contributed by atoms with Gasteiger partial charge in [0.05, 0.1) is 5.92 Å². The highest BCUT2D eigenvalue weighted by Crippen LogP contribution is 2.25. The number of nitrogens with one attached hydrogen (secondary N) is 1. The van der Waals surface area contributed by atoms with Gasteiger partial charge < -0.3 is 10.2 Å². The Morgan fingerprint density at radius 2 is 2.08 bits per heavy atom. The lowest BCUT2D eigenvalue weighted by Gasteiger charge is -2.32. The van der Waals surface area contributed by atoms with Gasteiger partial charge in [0.25, 0.3) is 0 Å². The monoisotopic (exact) mass is 324 g/mol. The smallest absolute Gasteiger partial charge is 0.229 e. The number of para-hydroxylation sites is 1. The van der Waals surface area contributed by atoms with Crippen LogP contribution in [0.4, 0.5) is 11.6 Å². The molecule has 0 bridgehead atoms. The molecular weight excluding hydrogens is 300 g/mol. The summed E-state index contributed by atoms with van der Waals surface area (Å²) in [6.45, 7) is 5.72. The van der Waals surface area contributed by atoms with Gasteiger partial charge in [0.1, 0.15) is 0 Å². The van der Waals surface area contributed by atoms with E-state index in [-0.39, 0.29) is 11.8 Å². The summed E-state index contributed by atoms with van der Waals surface area (Å²) < 4.78 is 0. The van der Waals surface area contributed by atoms with Crippen molar-refractivity contribution >= 4 is 17.5 Å². The van der Waals surface area contributed by atoms with E-state index in [1.54, 1.807) is 12.4 Å². The van der Waals surface area contributed by atoms with E-state index >= 15 is 0 Å². The van der Waals surface area contributed by atoms with Crippen molar-refractivity contribution in [2.45, 2.75) is 33.1 Å². The molecule has 1 unspecified atom stereocenters. The zero-order chi connectivity index (χ0) is 16.9. The number of anilines is 2. The first-order valence-corrected chi connectivity index (χ1v) is 8.60. The highest BCUT2D eigenvalue weighted by atomic mass is 16.1. The molecule has 5 heteroatoms. The third-order valence-electron chi connectivity index (χ3n) is 4.62. The zero-order valence-electron chi connectivity index (χ0n) is 14.3. The molecule has 1 fully saturated rings. The van der Waals surface area contributed by atoms with E-state index in [9.17, 15) is 4.79 Å². The minimum atomic E-state index is -0.0353. The Bertz CT molecular complexity index is 702. The lowest BCUT2D eigenvalue weighted by atomic mass is 9.96. The third-order valence-corrected chi connectivity index (χ3v) is 4.62. The molecule has 2 heterocycles. The van der Waals surface area contributed by atoms with Crippen molar-refractivity contribution in [2.75, 3.05) is 23.3 Å². The molecule has 1 aromatic heterocycles. The van der Waals surface area contributed by atoms with E-state index in [0.29, 0.717) is 12.5 Å². The van der Waals surface area contributed by atoms with Gasteiger partial charge in [-0.2, -0.15) is 0 Å². The fourth-order valence-electron chi connectivity index (χ4n) is 3.25. The fraction of sp³-hybridized carbons (Fsp3) is 0.421.